The predicted molar refractivity (Wildman–Crippen MR) is 76.5 cm³/mol. The smallest absolute Gasteiger partial charge is 0.182 e. The van der Waals surface area contributed by atoms with Gasteiger partial charge >= 0.3 is 0 Å². The molecular weight excluding hydrogens is 336 g/mol. The first kappa shape index (κ1) is 13.6. The van der Waals surface area contributed by atoms with Crippen LogP contribution in [0.15, 0.2) is 57.9 Å². The summed E-state index contributed by atoms with van der Waals surface area (Å²) in [5.41, 5.74) is 0.686. The van der Waals surface area contributed by atoms with E-state index in [1.54, 1.807) is 48.5 Å². The Morgan fingerprint density at radius 3 is 2.33 bits per heavy atom. The second-order valence-corrected chi connectivity index (χ2v) is 7.18. The SMILES string of the molecule is O=S(=O)(Cc1cccc(Cl)c1)c1ccc(Br)cc1. The molecule has 0 aliphatic heterocycles. The van der Waals surface area contributed by atoms with E-state index in [0.717, 1.165) is 4.47 Å². The Morgan fingerprint density at radius 1 is 1.06 bits per heavy atom. The maximum atomic E-state index is 12.2. The van der Waals surface area contributed by atoms with Gasteiger partial charge in [0.25, 0.3) is 0 Å². The third kappa shape index (κ3) is 3.34. The third-order valence-electron chi connectivity index (χ3n) is 2.42. The summed E-state index contributed by atoms with van der Waals surface area (Å²) in [6, 6.07) is 13.5. The van der Waals surface area contributed by atoms with Crippen LogP contribution in [-0.4, -0.2) is 8.42 Å². The minimum atomic E-state index is -3.33. The molecule has 0 saturated heterocycles. The molecule has 94 valence electrons. The van der Waals surface area contributed by atoms with E-state index in [1.807, 2.05) is 0 Å². The van der Waals surface area contributed by atoms with Crippen LogP contribution in [-0.2, 0) is 15.6 Å². The number of benzene rings is 2. The molecule has 2 aromatic rings. The van der Waals surface area contributed by atoms with Crippen molar-refractivity contribution >= 4 is 37.4 Å². The predicted octanol–water partition coefficient (Wildman–Crippen LogP) is 4.08. The van der Waals surface area contributed by atoms with Gasteiger partial charge in [-0.15, -0.1) is 0 Å². The Balaban J connectivity index is 2.30. The normalized spacial score (nSPS) is 11.4. The second kappa shape index (κ2) is 5.43. The zero-order valence-corrected chi connectivity index (χ0v) is 12.5. The Labute approximate surface area is 120 Å². The molecule has 0 aliphatic rings. The summed E-state index contributed by atoms with van der Waals surface area (Å²) in [4.78, 5) is 0.311. The second-order valence-electron chi connectivity index (χ2n) is 3.84. The lowest BCUT2D eigenvalue weighted by Crippen LogP contribution is -2.04. The van der Waals surface area contributed by atoms with Crippen LogP contribution < -0.4 is 0 Å². The fraction of sp³-hybridized carbons (Fsp3) is 0.0769. The van der Waals surface area contributed by atoms with Gasteiger partial charge in [-0.05, 0) is 42.0 Å². The molecule has 5 heteroatoms. The number of hydrogen-bond donors (Lipinski definition) is 0. The summed E-state index contributed by atoms with van der Waals surface area (Å²) in [6.45, 7) is 0. The van der Waals surface area contributed by atoms with Gasteiger partial charge in [0, 0.05) is 9.50 Å². The highest BCUT2D eigenvalue weighted by Gasteiger charge is 2.15. The van der Waals surface area contributed by atoms with Gasteiger partial charge in [-0.25, -0.2) is 8.42 Å². The van der Waals surface area contributed by atoms with Gasteiger partial charge in [0.2, 0.25) is 0 Å². The van der Waals surface area contributed by atoms with Gasteiger partial charge in [-0.3, -0.25) is 0 Å². The van der Waals surface area contributed by atoms with E-state index in [1.165, 1.54) is 0 Å². The first-order valence-electron chi connectivity index (χ1n) is 5.20. The van der Waals surface area contributed by atoms with Crippen LogP contribution in [0, 0.1) is 0 Å². The molecule has 2 aromatic carbocycles. The van der Waals surface area contributed by atoms with E-state index in [9.17, 15) is 8.42 Å². The average molecular weight is 346 g/mol. The molecule has 0 saturated carbocycles. The molecule has 0 amide bonds. The van der Waals surface area contributed by atoms with Crippen molar-refractivity contribution in [2.45, 2.75) is 10.6 Å². The molecule has 0 fully saturated rings. The van der Waals surface area contributed by atoms with E-state index < -0.39 is 9.84 Å². The van der Waals surface area contributed by atoms with Crippen molar-refractivity contribution in [3.63, 3.8) is 0 Å². The highest BCUT2D eigenvalue weighted by Crippen LogP contribution is 2.20. The zero-order chi connectivity index (χ0) is 13.2. The van der Waals surface area contributed by atoms with Crippen molar-refractivity contribution in [2.24, 2.45) is 0 Å². The molecule has 0 aromatic heterocycles. The Kier molecular flexibility index (Phi) is 4.10. The van der Waals surface area contributed by atoms with Gasteiger partial charge in [-0.1, -0.05) is 39.7 Å². The molecule has 2 nitrogen and oxygen atoms in total. The molecule has 0 atom stereocenters. The summed E-state index contributed by atoms with van der Waals surface area (Å²) in [5.74, 6) is -0.0464. The molecule has 18 heavy (non-hydrogen) atoms. The fourth-order valence-corrected chi connectivity index (χ4v) is 3.38. The van der Waals surface area contributed by atoms with Crippen LogP contribution in [0.2, 0.25) is 5.02 Å². The number of sulfone groups is 1. The molecule has 0 radical (unpaired) electrons. The van der Waals surface area contributed by atoms with Crippen LogP contribution in [0.25, 0.3) is 0 Å². The number of rotatable bonds is 3. The van der Waals surface area contributed by atoms with Gasteiger partial charge in [-0.2, -0.15) is 0 Å². The number of hydrogen-bond acceptors (Lipinski definition) is 2. The van der Waals surface area contributed by atoms with Crippen molar-refractivity contribution in [1.29, 1.82) is 0 Å². The molecule has 0 aliphatic carbocycles. The summed E-state index contributed by atoms with van der Waals surface area (Å²) in [7, 11) is -3.33. The van der Waals surface area contributed by atoms with Crippen molar-refractivity contribution < 1.29 is 8.42 Å². The lowest BCUT2D eigenvalue weighted by molar-refractivity contribution is 0.595. The van der Waals surface area contributed by atoms with Crippen molar-refractivity contribution in [1.82, 2.24) is 0 Å². The summed E-state index contributed by atoms with van der Waals surface area (Å²) >= 11 is 9.12. The standard InChI is InChI=1S/C13H10BrClO2S/c14-11-4-6-13(7-5-11)18(16,17)9-10-2-1-3-12(15)8-10/h1-8H,9H2. The molecule has 0 heterocycles. The third-order valence-corrected chi connectivity index (χ3v) is 4.89. The highest BCUT2D eigenvalue weighted by molar-refractivity contribution is 9.10. The van der Waals surface area contributed by atoms with Crippen LogP contribution in [0.3, 0.4) is 0 Å². The van der Waals surface area contributed by atoms with E-state index in [-0.39, 0.29) is 5.75 Å². The molecule has 0 spiro atoms. The monoisotopic (exact) mass is 344 g/mol. The van der Waals surface area contributed by atoms with Gasteiger partial charge in [0.05, 0.1) is 10.6 Å². The number of halogens is 2. The first-order valence-corrected chi connectivity index (χ1v) is 8.02. The summed E-state index contributed by atoms with van der Waals surface area (Å²) in [5, 5.41) is 0.540. The Bertz CT molecular complexity index is 651. The fourth-order valence-electron chi connectivity index (χ4n) is 1.57. The van der Waals surface area contributed by atoms with Crippen LogP contribution in [0.4, 0.5) is 0 Å². The van der Waals surface area contributed by atoms with E-state index in [2.05, 4.69) is 15.9 Å². The van der Waals surface area contributed by atoms with E-state index in [4.69, 9.17) is 11.6 Å². The summed E-state index contributed by atoms with van der Waals surface area (Å²) < 4.78 is 25.2. The van der Waals surface area contributed by atoms with Crippen LogP contribution in [0.5, 0.6) is 0 Å². The van der Waals surface area contributed by atoms with Crippen molar-refractivity contribution in [3.8, 4) is 0 Å². The molecule has 0 bridgehead atoms. The Morgan fingerprint density at radius 2 is 1.72 bits per heavy atom. The summed E-state index contributed by atoms with van der Waals surface area (Å²) in [6.07, 6.45) is 0. The van der Waals surface area contributed by atoms with E-state index in [0.29, 0.717) is 15.5 Å². The maximum absolute atomic E-state index is 12.2. The average Bonchev–Trinajstić information content (AvgIpc) is 2.29. The van der Waals surface area contributed by atoms with Crippen molar-refractivity contribution in [3.05, 3.63) is 63.6 Å². The van der Waals surface area contributed by atoms with Gasteiger partial charge < -0.3 is 0 Å². The minimum Gasteiger partial charge on any atom is -0.223 e. The first-order chi connectivity index (χ1) is 8.47. The van der Waals surface area contributed by atoms with Gasteiger partial charge in [0.1, 0.15) is 0 Å². The quantitative estimate of drug-likeness (QED) is 0.840. The topological polar surface area (TPSA) is 34.1 Å². The molecule has 0 N–H and O–H groups in total. The van der Waals surface area contributed by atoms with Crippen LogP contribution in [0.1, 0.15) is 5.56 Å². The lowest BCUT2D eigenvalue weighted by atomic mass is 10.2. The molecular formula is C13H10BrClO2S. The maximum Gasteiger partial charge on any atom is 0.182 e. The lowest BCUT2D eigenvalue weighted by Gasteiger charge is -2.05. The molecule has 0 unspecified atom stereocenters. The molecule has 2 rings (SSSR count). The highest BCUT2D eigenvalue weighted by atomic mass is 79.9. The van der Waals surface area contributed by atoms with Crippen LogP contribution >= 0.6 is 27.5 Å². The Hall–Kier alpha value is -0.840. The minimum absolute atomic E-state index is 0.0464. The largest absolute Gasteiger partial charge is 0.223 e. The van der Waals surface area contributed by atoms with Gasteiger partial charge in [0.15, 0.2) is 9.84 Å². The zero-order valence-electron chi connectivity index (χ0n) is 9.31. The van der Waals surface area contributed by atoms with Crippen molar-refractivity contribution in [2.75, 3.05) is 0 Å². The van der Waals surface area contributed by atoms with E-state index >= 15 is 0 Å².